The van der Waals surface area contributed by atoms with Gasteiger partial charge in [0.2, 0.25) is 5.91 Å². The number of benzene rings is 1. The van der Waals surface area contributed by atoms with Gasteiger partial charge in [-0.3, -0.25) is 9.59 Å². The number of hydrogen-bond donors (Lipinski definition) is 0. The Morgan fingerprint density at radius 1 is 1.23 bits per heavy atom. The van der Waals surface area contributed by atoms with Crippen LogP contribution in [-0.2, 0) is 4.79 Å². The second-order valence-electron chi connectivity index (χ2n) is 6.67. The second-order valence-corrected chi connectivity index (χ2v) is 6.67. The topological polar surface area (TPSA) is 37.4 Å². The average Bonchev–Trinajstić information content (AvgIpc) is 2.54. The molecule has 1 aromatic rings. The zero-order chi connectivity index (χ0) is 16.1. The van der Waals surface area contributed by atoms with Crippen LogP contribution in [0, 0.1) is 18.8 Å². The highest BCUT2D eigenvalue weighted by atomic mass is 16.2. The first-order chi connectivity index (χ1) is 10.5. The van der Waals surface area contributed by atoms with Crippen molar-refractivity contribution in [3.8, 4) is 0 Å². The van der Waals surface area contributed by atoms with Gasteiger partial charge in [0.15, 0.2) is 5.78 Å². The Bertz CT molecular complexity index is 532. The molecule has 0 bridgehead atoms. The predicted octanol–water partition coefficient (Wildman–Crippen LogP) is 3.85. The van der Waals surface area contributed by atoms with E-state index in [0.717, 1.165) is 18.4 Å². The van der Waals surface area contributed by atoms with E-state index in [4.69, 9.17) is 0 Å². The first-order valence-corrected chi connectivity index (χ1v) is 8.34. The van der Waals surface area contributed by atoms with Crippen LogP contribution < -0.4 is 0 Å². The number of likely N-dealkylation sites (N-methyl/N-ethyl adjacent to an activating group) is 1. The van der Waals surface area contributed by atoms with Crippen LogP contribution in [0.3, 0.4) is 0 Å². The number of Topliss-reactive ketones (excluding diaryl/α,β-unsaturated/α-hetero) is 1. The number of carbonyl (C=O) groups excluding carboxylic acids is 2. The van der Waals surface area contributed by atoms with Gasteiger partial charge < -0.3 is 4.90 Å². The van der Waals surface area contributed by atoms with Gasteiger partial charge in [0.05, 0.1) is 6.54 Å². The minimum absolute atomic E-state index is 0.00962. The molecule has 1 aromatic carbocycles. The highest BCUT2D eigenvalue weighted by Crippen LogP contribution is 2.30. The number of aryl methyl sites for hydroxylation is 1. The van der Waals surface area contributed by atoms with Crippen LogP contribution in [0.5, 0.6) is 0 Å². The van der Waals surface area contributed by atoms with Crippen molar-refractivity contribution < 1.29 is 9.59 Å². The lowest BCUT2D eigenvalue weighted by molar-refractivity contribution is -0.135. The first-order valence-electron chi connectivity index (χ1n) is 8.34. The molecule has 1 amide bonds. The molecule has 0 saturated heterocycles. The molecule has 3 nitrogen and oxygen atoms in total. The molecule has 3 heteroatoms. The Balaban J connectivity index is 1.94. The fourth-order valence-corrected chi connectivity index (χ4v) is 3.39. The highest BCUT2D eigenvalue weighted by molar-refractivity contribution is 5.99. The Hall–Kier alpha value is -1.64. The monoisotopic (exact) mass is 301 g/mol. The van der Waals surface area contributed by atoms with Gasteiger partial charge >= 0.3 is 0 Å². The normalized spacial score (nSPS) is 17.0. The van der Waals surface area contributed by atoms with Crippen molar-refractivity contribution in [2.75, 3.05) is 13.6 Å². The van der Waals surface area contributed by atoms with Crippen molar-refractivity contribution >= 4 is 11.7 Å². The smallest absolute Gasteiger partial charge is 0.225 e. The van der Waals surface area contributed by atoms with E-state index >= 15 is 0 Å². The summed E-state index contributed by atoms with van der Waals surface area (Å²) in [6, 6.07) is 7.55. The van der Waals surface area contributed by atoms with Crippen LogP contribution in [-0.4, -0.2) is 30.2 Å². The Morgan fingerprint density at radius 3 is 2.55 bits per heavy atom. The van der Waals surface area contributed by atoms with Gasteiger partial charge in [0.25, 0.3) is 0 Å². The number of ketones is 1. The molecule has 1 saturated carbocycles. The predicted molar refractivity (Wildman–Crippen MR) is 88.9 cm³/mol. The zero-order valence-corrected chi connectivity index (χ0v) is 14.0. The summed E-state index contributed by atoms with van der Waals surface area (Å²) < 4.78 is 0. The maximum atomic E-state index is 12.5. The third-order valence-electron chi connectivity index (χ3n) is 4.84. The molecule has 0 aliphatic heterocycles. The Kier molecular flexibility index (Phi) is 5.76. The van der Waals surface area contributed by atoms with E-state index in [9.17, 15) is 9.59 Å². The SMILES string of the molecule is Cc1cccc(C(=O)CN(C)C(=O)[C@@H](C)C2CCCCC2)c1. The largest absolute Gasteiger partial charge is 0.338 e. The minimum Gasteiger partial charge on any atom is -0.338 e. The summed E-state index contributed by atoms with van der Waals surface area (Å²) in [7, 11) is 1.75. The van der Waals surface area contributed by atoms with Gasteiger partial charge in [-0.1, -0.05) is 49.9 Å². The van der Waals surface area contributed by atoms with E-state index in [-0.39, 0.29) is 24.2 Å². The molecule has 2 rings (SSSR count). The maximum absolute atomic E-state index is 12.5. The minimum atomic E-state index is 0.00962. The van der Waals surface area contributed by atoms with Crippen molar-refractivity contribution in [2.45, 2.75) is 46.0 Å². The summed E-state index contributed by atoms with van der Waals surface area (Å²) in [5.74, 6) is 0.622. The third kappa shape index (κ3) is 4.19. The van der Waals surface area contributed by atoms with E-state index < -0.39 is 0 Å². The van der Waals surface area contributed by atoms with E-state index in [1.807, 2.05) is 38.1 Å². The number of hydrogen-bond acceptors (Lipinski definition) is 2. The molecule has 22 heavy (non-hydrogen) atoms. The molecular formula is C19H27NO2. The van der Waals surface area contributed by atoms with Crippen LogP contribution in [0.2, 0.25) is 0 Å². The summed E-state index contributed by atoms with van der Waals surface area (Å²) in [5, 5.41) is 0. The molecule has 0 N–H and O–H groups in total. The van der Waals surface area contributed by atoms with E-state index in [1.54, 1.807) is 11.9 Å². The second kappa shape index (κ2) is 7.57. The quantitative estimate of drug-likeness (QED) is 0.775. The molecule has 1 aliphatic carbocycles. The molecule has 1 aliphatic rings. The zero-order valence-electron chi connectivity index (χ0n) is 14.0. The lowest BCUT2D eigenvalue weighted by Crippen LogP contribution is -2.38. The third-order valence-corrected chi connectivity index (χ3v) is 4.84. The fraction of sp³-hybridized carbons (Fsp3) is 0.579. The Labute approximate surface area is 133 Å². The molecule has 1 atom stereocenters. The van der Waals surface area contributed by atoms with Gasteiger partial charge in [-0.25, -0.2) is 0 Å². The van der Waals surface area contributed by atoms with Crippen LogP contribution in [0.4, 0.5) is 0 Å². The number of carbonyl (C=O) groups is 2. The lowest BCUT2D eigenvalue weighted by atomic mass is 9.80. The fourth-order valence-electron chi connectivity index (χ4n) is 3.39. The Morgan fingerprint density at radius 2 is 1.91 bits per heavy atom. The molecule has 120 valence electrons. The molecule has 1 fully saturated rings. The van der Waals surface area contributed by atoms with Crippen molar-refractivity contribution in [3.63, 3.8) is 0 Å². The summed E-state index contributed by atoms with van der Waals surface area (Å²) in [6.07, 6.45) is 6.04. The van der Waals surface area contributed by atoms with Gasteiger partial charge in [0, 0.05) is 18.5 Å². The van der Waals surface area contributed by atoms with Crippen molar-refractivity contribution in [2.24, 2.45) is 11.8 Å². The van der Waals surface area contributed by atoms with E-state index in [0.29, 0.717) is 11.5 Å². The average molecular weight is 301 g/mol. The molecular weight excluding hydrogens is 274 g/mol. The molecule has 0 spiro atoms. The molecule has 0 unspecified atom stereocenters. The summed E-state index contributed by atoms with van der Waals surface area (Å²) in [5.41, 5.74) is 1.75. The van der Waals surface area contributed by atoms with Crippen molar-refractivity contribution in [3.05, 3.63) is 35.4 Å². The standard InChI is InChI=1S/C19H27NO2/c1-14-8-7-11-17(12-14)18(21)13-20(3)19(22)15(2)16-9-5-4-6-10-16/h7-8,11-12,15-16H,4-6,9-10,13H2,1-3H3/t15-/m0/s1. The van der Waals surface area contributed by atoms with Gasteiger partial charge in [-0.05, 0) is 31.7 Å². The van der Waals surface area contributed by atoms with Crippen molar-refractivity contribution in [1.29, 1.82) is 0 Å². The maximum Gasteiger partial charge on any atom is 0.225 e. The van der Waals surface area contributed by atoms with Crippen molar-refractivity contribution in [1.82, 2.24) is 4.90 Å². The van der Waals surface area contributed by atoms with Gasteiger partial charge in [-0.15, -0.1) is 0 Å². The summed E-state index contributed by atoms with van der Waals surface area (Å²) >= 11 is 0. The molecule has 0 aromatic heterocycles. The van der Waals surface area contributed by atoms with Crippen LogP contribution in [0.1, 0.15) is 54.9 Å². The summed E-state index contributed by atoms with van der Waals surface area (Å²) in [6.45, 7) is 4.15. The van der Waals surface area contributed by atoms with Crippen LogP contribution in [0.15, 0.2) is 24.3 Å². The highest BCUT2D eigenvalue weighted by Gasteiger charge is 2.28. The van der Waals surface area contributed by atoms with E-state index in [2.05, 4.69) is 0 Å². The first kappa shape index (κ1) is 16.7. The number of nitrogens with zero attached hydrogens (tertiary/aromatic N) is 1. The lowest BCUT2D eigenvalue weighted by Gasteiger charge is -2.29. The van der Waals surface area contributed by atoms with Crippen LogP contribution >= 0.6 is 0 Å². The molecule has 0 heterocycles. The van der Waals surface area contributed by atoms with Gasteiger partial charge in [0.1, 0.15) is 0 Å². The molecule has 0 radical (unpaired) electrons. The van der Waals surface area contributed by atoms with Crippen LogP contribution in [0.25, 0.3) is 0 Å². The van der Waals surface area contributed by atoms with Gasteiger partial charge in [-0.2, -0.15) is 0 Å². The number of amides is 1. The number of rotatable bonds is 5. The summed E-state index contributed by atoms with van der Waals surface area (Å²) in [4.78, 5) is 26.5. The van der Waals surface area contributed by atoms with E-state index in [1.165, 1.54) is 19.3 Å².